The molecule has 1 aromatic carbocycles. The number of para-hydroxylation sites is 1. The molecular formula is C16H16N2O6S. The summed E-state index contributed by atoms with van der Waals surface area (Å²) in [5.74, 6) is -1.87. The van der Waals surface area contributed by atoms with Crippen molar-refractivity contribution in [2.45, 2.75) is 17.5 Å². The van der Waals surface area contributed by atoms with Crippen molar-refractivity contribution < 1.29 is 28.4 Å². The molecular weight excluding hydrogens is 348 g/mol. The Hall–Kier alpha value is -2.68. The van der Waals surface area contributed by atoms with Crippen LogP contribution in [0, 0.1) is 0 Å². The Morgan fingerprint density at radius 3 is 2.68 bits per heavy atom. The Bertz CT molecular complexity index is 765. The van der Waals surface area contributed by atoms with Gasteiger partial charge in [0.25, 0.3) is 5.91 Å². The van der Waals surface area contributed by atoms with Gasteiger partial charge in [-0.25, -0.2) is 4.79 Å². The number of fused-ring (bicyclic) bond motifs is 1. The van der Waals surface area contributed by atoms with Crippen molar-refractivity contribution >= 4 is 28.6 Å². The number of β-lactam (4-membered cyclic amide) rings is 1. The van der Waals surface area contributed by atoms with Crippen molar-refractivity contribution in [2.24, 2.45) is 0 Å². The minimum absolute atomic E-state index is 0.0156. The Kier molecular flexibility index (Phi) is 4.58. The summed E-state index contributed by atoms with van der Waals surface area (Å²) in [6.07, 6.45) is 0. The Morgan fingerprint density at radius 2 is 2.04 bits per heavy atom. The van der Waals surface area contributed by atoms with E-state index in [0.29, 0.717) is 5.75 Å². The molecule has 0 spiro atoms. The second-order valence-corrected chi connectivity index (χ2v) is 7.24. The summed E-state index contributed by atoms with van der Waals surface area (Å²) in [7, 11) is -1.52. The molecule has 2 heterocycles. The normalized spacial score (nSPS) is 27.9. The van der Waals surface area contributed by atoms with E-state index in [9.17, 15) is 23.7 Å². The molecule has 2 N–H and O–H groups in total. The van der Waals surface area contributed by atoms with Crippen molar-refractivity contribution in [3.8, 4) is 5.75 Å². The molecule has 9 heteroatoms. The summed E-state index contributed by atoms with van der Waals surface area (Å²) in [5, 5.41) is 10.9. The SMILES string of the molecule is C=C1CS(=O)[C@H]2[C@H](NC(=O)COc3ccccc3)C(=O)N2C1C(=O)O. The number of ether oxygens (including phenoxy) is 1. The first-order valence-electron chi connectivity index (χ1n) is 7.47. The molecule has 25 heavy (non-hydrogen) atoms. The van der Waals surface area contributed by atoms with E-state index in [0.717, 1.165) is 4.90 Å². The van der Waals surface area contributed by atoms with Gasteiger partial charge in [-0.2, -0.15) is 0 Å². The smallest absolute Gasteiger partial charge is 0.330 e. The lowest BCUT2D eigenvalue weighted by Gasteiger charge is -2.51. The standard InChI is InChI=1S/C16H16N2O6S/c1-9-8-25(23)15-12(14(20)18(15)13(9)16(21)22)17-11(19)7-24-10-5-3-2-4-6-10/h2-6,12-13,15H,1,7-8H2,(H,17,19)(H,21,22)/t12-,13?,15+,25?/m1/s1. The Labute approximate surface area is 145 Å². The van der Waals surface area contributed by atoms with Crippen LogP contribution in [0.1, 0.15) is 0 Å². The average molecular weight is 364 g/mol. The third-order valence-electron chi connectivity index (χ3n) is 4.01. The van der Waals surface area contributed by atoms with Crippen molar-refractivity contribution in [1.82, 2.24) is 10.2 Å². The molecule has 2 saturated heterocycles. The van der Waals surface area contributed by atoms with Gasteiger partial charge < -0.3 is 20.1 Å². The first kappa shape index (κ1) is 17.2. The van der Waals surface area contributed by atoms with Gasteiger partial charge in [0, 0.05) is 5.75 Å². The highest BCUT2D eigenvalue weighted by atomic mass is 32.2. The molecule has 0 aromatic heterocycles. The number of carboxylic acids is 1. The summed E-state index contributed by atoms with van der Waals surface area (Å²) in [6.45, 7) is 3.29. The number of carbonyl (C=O) groups excluding carboxylic acids is 2. The maximum Gasteiger partial charge on any atom is 0.330 e. The topological polar surface area (TPSA) is 113 Å². The molecule has 2 amide bonds. The highest BCUT2D eigenvalue weighted by Crippen LogP contribution is 2.34. The number of nitrogens with one attached hydrogen (secondary N) is 1. The summed E-state index contributed by atoms with van der Waals surface area (Å²) >= 11 is 0. The van der Waals surface area contributed by atoms with E-state index in [1.807, 2.05) is 0 Å². The van der Waals surface area contributed by atoms with Crippen LogP contribution in [0.2, 0.25) is 0 Å². The Morgan fingerprint density at radius 1 is 1.36 bits per heavy atom. The number of aliphatic carboxylic acids is 1. The van der Waals surface area contributed by atoms with E-state index in [1.165, 1.54) is 0 Å². The highest BCUT2D eigenvalue weighted by molar-refractivity contribution is 7.86. The van der Waals surface area contributed by atoms with Gasteiger partial charge in [-0.15, -0.1) is 0 Å². The minimum atomic E-state index is -1.52. The van der Waals surface area contributed by atoms with Crippen molar-refractivity contribution in [2.75, 3.05) is 12.4 Å². The molecule has 2 unspecified atom stereocenters. The van der Waals surface area contributed by atoms with Crippen LogP contribution in [-0.2, 0) is 25.2 Å². The second-order valence-electron chi connectivity index (χ2n) is 5.71. The molecule has 8 nitrogen and oxygen atoms in total. The number of amides is 2. The maximum atomic E-state index is 12.2. The van der Waals surface area contributed by atoms with Crippen LogP contribution in [0.4, 0.5) is 0 Å². The van der Waals surface area contributed by atoms with Crippen molar-refractivity contribution in [3.05, 3.63) is 42.5 Å². The zero-order valence-corrected chi connectivity index (χ0v) is 13.9. The quantitative estimate of drug-likeness (QED) is 0.537. The van der Waals surface area contributed by atoms with E-state index in [4.69, 9.17) is 4.74 Å². The van der Waals surface area contributed by atoms with Crippen molar-refractivity contribution in [3.63, 3.8) is 0 Å². The molecule has 1 aromatic rings. The van der Waals surface area contributed by atoms with E-state index in [-0.39, 0.29) is 17.9 Å². The van der Waals surface area contributed by atoms with E-state index in [1.54, 1.807) is 30.3 Å². The molecule has 2 aliphatic heterocycles. The van der Waals surface area contributed by atoms with E-state index >= 15 is 0 Å². The maximum absolute atomic E-state index is 12.2. The van der Waals surface area contributed by atoms with Gasteiger partial charge in [0.1, 0.15) is 17.2 Å². The largest absolute Gasteiger partial charge is 0.484 e. The van der Waals surface area contributed by atoms with Gasteiger partial charge in [0.2, 0.25) is 5.91 Å². The fraction of sp³-hybridized carbons (Fsp3) is 0.312. The van der Waals surface area contributed by atoms with Crippen LogP contribution in [0.25, 0.3) is 0 Å². The number of nitrogens with zero attached hydrogens (tertiary/aromatic N) is 1. The van der Waals surface area contributed by atoms with Crippen LogP contribution in [0.3, 0.4) is 0 Å². The van der Waals surface area contributed by atoms with Crippen molar-refractivity contribution in [1.29, 1.82) is 0 Å². The summed E-state index contributed by atoms with van der Waals surface area (Å²) < 4.78 is 17.5. The van der Waals surface area contributed by atoms with Gasteiger partial charge >= 0.3 is 5.97 Å². The molecule has 3 rings (SSSR count). The molecule has 132 valence electrons. The molecule has 0 saturated carbocycles. The number of rotatable bonds is 5. The van der Waals surface area contributed by atoms with Gasteiger partial charge in [-0.05, 0) is 17.7 Å². The second kappa shape index (κ2) is 6.67. The highest BCUT2D eigenvalue weighted by Gasteiger charge is 2.59. The molecule has 0 radical (unpaired) electrons. The predicted octanol–water partition coefficient (Wildman–Crippen LogP) is -0.510. The monoisotopic (exact) mass is 364 g/mol. The third kappa shape index (κ3) is 3.14. The number of carboxylic acid groups (broad SMARTS) is 1. The van der Waals surface area contributed by atoms with Crippen LogP contribution in [0.5, 0.6) is 5.75 Å². The summed E-state index contributed by atoms with van der Waals surface area (Å²) in [4.78, 5) is 36.6. The van der Waals surface area contributed by atoms with Crippen LogP contribution < -0.4 is 10.1 Å². The molecule has 2 fully saturated rings. The lowest BCUT2D eigenvalue weighted by molar-refractivity contribution is -0.160. The van der Waals surface area contributed by atoms with Gasteiger partial charge in [-0.1, -0.05) is 24.8 Å². The number of hydrogen-bond acceptors (Lipinski definition) is 5. The van der Waals surface area contributed by atoms with Gasteiger partial charge in [0.15, 0.2) is 12.6 Å². The lowest BCUT2D eigenvalue weighted by atomic mass is 9.98. The Balaban J connectivity index is 1.63. The third-order valence-corrected chi connectivity index (χ3v) is 5.70. The lowest BCUT2D eigenvalue weighted by Crippen LogP contribution is -2.77. The molecule has 4 atom stereocenters. The van der Waals surface area contributed by atoms with Gasteiger partial charge in [0.05, 0.1) is 10.8 Å². The number of benzene rings is 1. The molecule has 0 bridgehead atoms. The fourth-order valence-electron chi connectivity index (χ4n) is 2.89. The van der Waals surface area contributed by atoms with E-state index in [2.05, 4.69) is 11.9 Å². The average Bonchev–Trinajstić information content (AvgIpc) is 2.58. The van der Waals surface area contributed by atoms with Crippen LogP contribution in [0.15, 0.2) is 42.5 Å². The first-order valence-corrected chi connectivity index (χ1v) is 8.85. The van der Waals surface area contributed by atoms with E-state index < -0.39 is 46.0 Å². The molecule has 0 aliphatic carbocycles. The van der Waals surface area contributed by atoms with Gasteiger partial charge in [-0.3, -0.25) is 13.8 Å². The number of carbonyl (C=O) groups is 3. The summed E-state index contributed by atoms with van der Waals surface area (Å²) in [6, 6.07) is 6.46. The minimum Gasteiger partial charge on any atom is -0.484 e. The zero-order chi connectivity index (χ0) is 18.1. The fourth-order valence-corrected chi connectivity index (χ4v) is 4.55. The van der Waals surface area contributed by atoms with Crippen LogP contribution in [-0.4, -0.2) is 61.8 Å². The molecule has 2 aliphatic rings. The van der Waals surface area contributed by atoms with Crippen LogP contribution >= 0.6 is 0 Å². The summed E-state index contributed by atoms with van der Waals surface area (Å²) in [5.41, 5.74) is 0.215. The predicted molar refractivity (Wildman–Crippen MR) is 88.1 cm³/mol. The first-order chi connectivity index (χ1) is 11.9. The number of hydrogen-bond donors (Lipinski definition) is 2. The zero-order valence-electron chi connectivity index (χ0n) is 13.1.